The Morgan fingerprint density at radius 1 is 0.808 bits per heavy atom. The normalized spacial score (nSPS) is 10.8. The van der Waals surface area contributed by atoms with Gasteiger partial charge in [-0.1, -0.05) is 35.9 Å². The van der Waals surface area contributed by atoms with Gasteiger partial charge < -0.3 is 9.94 Å². The fourth-order valence-corrected chi connectivity index (χ4v) is 3.30. The van der Waals surface area contributed by atoms with E-state index in [2.05, 4.69) is 0 Å². The molecular weight excluding hydrogens is 322 g/mol. The summed E-state index contributed by atoms with van der Waals surface area (Å²) in [5.41, 5.74) is 4.22. The van der Waals surface area contributed by atoms with Gasteiger partial charge >= 0.3 is 0 Å². The van der Waals surface area contributed by atoms with Crippen LogP contribution in [0.25, 0.3) is 33.3 Å². The van der Waals surface area contributed by atoms with Crippen molar-refractivity contribution in [2.75, 3.05) is 7.11 Å². The van der Waals surface area contributed by atoms with Crippen LogP contribution in [0, 0.1) is 12.1 Å². The molecule has 0 fully saturated rings. The van der Waals surface area contributed by atoms with Gasteiger partial charge in [-0.05, 0) is 54.8 Å². The van der Waals surface area contributed by atoms with Crippen LogP contribution >= 0.6 is 0 Å². The summed E-state index contributed by atoms with van der Waals surface area (Å²) in [4.78, 5) is 0. The quantitative estimate of drug-likeness (QED) is 0.383. The van der Waals surface area contributed by atoms with Crippen molar-refractivity contribution in [1.29, 1.82) is 0 Å². The summed E-state index contributed by atoms with van der Waals surface area (Å²) in [5, 5.41) is 15.3. The third kappa shape index (κ3) is 2.78. The fourth-order valence-electron chi connectivity index (χ4n) is 3.30. The zero-order valence-electron chi connectivity index (χ0n) is 14.8. The lowest BCUT2D eigenvalue weighted by molar-refractivity contribution is -0.580. The molecule has 0 spiro atoms. The second-order valence-electron chi connectivity index (χ2n) is 6.36. The molecule has 0 saturated heterocycles. The molecule has 0 unspecified atom stereocenters. The summed E-state index contributed by atoms with van der Waals surface area (Å²) in [6, 6.07) is 25.6. The van der Waals surface area contributed by atoms with Crippen molar-refractivity contribution in [3.8, 4) is 28.3 Å². The van der Waals surface area contributed by atoms with Crippen LogP contribution in [0.2, 0.25) is 0 Å². The molecule has 0 saturated carbocycles. The highest BCUT2D eigenvalue weighted by Gasteiger charge is 2.20. The van der Waals surface area contributed by atoms with E-state index in [-0.39, 0.29) is 0 Å². The van der Waals surface area contributed by atoms with Gasteiger partial charge in [-0.3, -0.25) is 0 Å². The predicted octanol–water partition coefficient (Wildman–Crippen LogP) is 5.12. The number of hydrogen-bond acceptors (Lipinski definition) is 2. The summed E-state index contributed by atoms with van der Waals surface area (Å²) in [6.07, 6.45) is 0. The van der Waals surface area contributed by atoms with E-state index in [0.29, 0.717) is 11.4 Å². The van der Waals surface area contributed by atoms with Gasteiger partial charge in [0.05, 0.1) is 12.5 Å². The second-order valence-corrected chi connectivity index (χ2v) is 6.36. The molecule has 0 atom stereocenters. The minimum atomic E-state index is 0.628. The molecule has 3 aromatic carbocycles. The first-order valence-electron chi connectivity index (χ1n) is 8.54. The second kappa shape index (κ2) is 6.52. The van der Waals surface area contributed by atoms with E-state index < -0.39 is 0 Å². The summed E-state index contributed by atoms with van der Waals surface area (Å²) >= 11 is 0. The third-order valence-electron chi connectivity index (χ3n) is 4.61. The van der Waals surface area contributed by atoms with Crippen molar-refractivity contribution in [3.05, 3.63) is 89.6 Å². The Morgan fingerprint density at radius 3 is 2.31 bits per heavy atom. The minimum Gasteiger partial charge on any atom is -0.618 e. The monoisotopic (exact) mass is 341 g/mol. The number of benzene rings is 3. The third-order valence-corrected chi connectivity index (χ3v) is 4.61. The molecule has 0 bridgehead atoms. The fraction of sp³-hybridized carbons (Fsp3) is 0.0870. The number of rotatable bonds is 3. The standard InChI is InChI=1S/C23H19NO2/c1-16-6-5-8-19(14-16)23-21-9-4-3-7-18(21)15-22(24(23)25)17-10-12-20(26-2)13-11-17/h3-15H,1-2H3. The van der Waals surface area contributed by atoms with Crippen LogP contribution in [-0.4, -0.2) is 7.11 Å². The van der Waals surface area contributed by atoms with Gasteiger partial charge in [0.15, 0.2) is 0 Å². The van der Waals surface area contributed by atoms with E-state index in [1.54, 1.807) is 7.11 Å². The maximum Gasteiger partial charge on any atom is 0.232 e. The first-order chi connectivity index (χ1) is 12.7. The van der Waals surface area contributed by atoms with E-state index in [1.807, 2.05) is 85.8 Å². The average molecular weight is 341 g/mol. The number of fused-ring (bicyclic) bond motifs is 1. The van der Waals surface area contributed by atoms with Crippen LogP contribution in [0.5, 0.6) is 5.75 Å². The van der Waals surface area contributed by atoms with Gasteiger partial charge in [0, 0.05) is 17.2 Å². The smallest absolute Gasteiger partial charge is 0.232 e. The average Bonchev–Trinajstić information content (AvgIpc) is 2.67. The number of methoxy groups -OCH3 is 1. The van der Waals surface area contributed by atoms with Gasteiger partial charge in [0.25, 0.3) is 0 Å². The summed E-state index contributed by atoms with van der Waals surface area (Å²) in [5.74, 6) is 0.769. The zero-order chi connectivity index (χ0) is 18.1. The molecule has 4 rings (SSSR count). The Morgan fingerprint density at radius 2 is 1.58 bits per heavy atom. The van der Waals surface area contributed by atoms with Crippen LogP contribution in [-0.2, 0) is 0 Å². The van der Waals surface area contributed by atoms with Crippen molar-refractivity contribution in [1.82, 2.24) is 0 Å². The molecule has 4 aromatic rings. The van der Waals surface area contributed by atoms with Gasteiger partial charge in [0.1, 0.15) is 5.75 Å². The first kappa shape index (κ1) is 16.2. The maximum atomic E-state index is 13.3. The van der Waals surface area contributed by atoms with E-state index in [1.165, 1.54) is 0 Å². The largest absolute Gasteiger partial charge is 0.618 e. The number of ether oxygens (including phenoxy) is 1. The topological polar surface area (TPSA) is 36.2 Å². The molecule has 0 amide bonds. The number of aryl methyl sites for hydroxylation is 1. The molecule has 0 aliphatic heterocycles. The van der Waals surface area contributed by atoms with Crippen molar-refractivity contribution in [2.24, 2.45) is 0 Å². The molecule has 0 aliphatic rings. The van der Waals surface area contributed by atoms with Crippen LogP contribution in [0.3, 0.4) is 0 Å². The first-order valence-corrected chi connectivity index (χ1v) is 8.54. The number of aromatic nitrogens is 1. The van der Waals surface area contributed by atoms with Crippen molar-refractivity contribution >= 4 is 10.8 Å². The van der Waals surface area contributed by atoms with Gasteiger partial charge in [-0.2, -0.15) is 4.73 Å². The lowest BCUT2D eigenvalue weighted by Crippen LogP contribution is -2.32. The number of hydrogen-bond donors (Lipinski definition) is 0. The number of pyridine rings is 1. The molecule has 1 heterocycles. The Labute approximate surface area is 152 Å². The van der Waals surface area contributed by atoms with Crippen molar-refractivity contribution in [2.45, 2.75) is 6.92 Å². The highest BCUT2D eigenvalue weighted by molar-refractivity contribution is 5.94. The molecular formula is C23H19NO2. The van der Waals surface area contributed by atoms with Crippen LogP contribution in [0.15, 0.2) is 78.9 Å². The van der Waals surface area contributed by atoms with Crippen molar-refractivity contribution < 1.29 is 9.47 Å². The van der Waals surface area contributed by atoms with Gasteiger partial charge in [-0.25, -0.2) is 0 Å². The highest BCUT2D eigenvalue weighted by Crippen LogP contribution is 2.30. The van der Waals surface area contributed by atoms with E-state index in [0.717, 1.165) is 37.9 Å². The lowest BCUT2D eigenvalue weighted by Gasteiger charge is -2.13. The number of nitrogens with zero attached hydrogens (tertiary/aromatic N) is 1. The SMILES string of the molecule is COc1ccc(-c2cc3ccccc3c(-c3cccc(C)c3)[n+]2[O-])cc1. The van der Waals surface area contributed by atoms with E-state index in [9.17, 15) is 5.21 Å². The highest BCUT2D eigenvalue weighted by atomic mass is 16.5. The lowest BCUT2D eigenvalue weighted by atomic mass is 10.00. The Kier molecular flexibility index (Phi) is 4.05. The molecule has 0 aliphatic carbocycles. The summed E-state index contributed by atoms with van der Waals surface area (Å²) in [6.45, 7) is 2.04. The summed E-state index contributed by atoms with van der Waals surface area (Å²) < 4.78 is 6.27. The van der Waals surface area contributed by atoms with Crippen LogP contribution in [0.4, 0.5) is 0 Å². The molecule has 0 N–H and O–H groups in total. The molecule has 128 valence electrons. The Hall–Kier alpha value is -3.33. The minimum absolute atomic E-state index is 0.628. The predicted molar refractivity (Wildman–Crippen MR) is 105 cm³/mol. The van der Waals surface area contributed by atoms with Crippen LogP contribution in [0.1, 0.15) is 5.56 Å². The van der Waals surface area contributed by atoms with Crippen LogP contribution < -0.4 is 9.47 Å². The summed E-state index contributed by atoms with van der Waals surface area (Å²) in [7, 11) is 1.63. The zero-order valence-corrected chi connectivity index (χ0v) is 14.8. The molecule has 26 heavy (non-hydrogen) atoms. The van der Waals surface area contributed by atoms with E-state index >= 15 is 0 Å². The maximum absolute atomic E-state index is 13.3. The molecule has 0 radical (unpaired) electrons. The molecule has 1 aromatic heterocycles. The Bertz CT molecular complexity index is 1090. The van der Waals surface area contributed by atoms with Gasteiger partial charge in [-0.15, -0.1) is 0 Å². The van der Waals surface area contributed by atoms with E-state index in [4.69, 9.17) is 4.74 Å². The Balaban J connectivity index is 2.02. The molecule has 3 nitrogen and oxygen atoms in total. The molecule has 3 heteroatoms. The van der Waals surface area contributed by atoms with Crippen molar-refractivity contribution in [3.63, 3.8) is 0 Å². The van der Waals surface area contributed by atoms with Gasteiger partial charge in [0.2, 0.25) is 11.4 Å².